The number of ether oxygens (including phenoxy) is 3. The highest BCUT2D eigenvalue weighted by Crippen LogP contribution is 2.41. The average Bonchev–Trinajstić information content (AvgIpc) is 3.34. The Morgan fingerprint density at radius 3 is 2.76 bits per heavy atom. The van der Waals surface area contributed by atoms with Crippen LogP contribution in [0, 0.1) is 0 Å². The smallest absolute Gasteiger partial charge is 0.205 e. The summed E-state index contributed by atoms with van der Waals surface area (Å²) in [6.07, 6.45) is 3.31. The third-order valence-corrected chi connectivity index (χ3v) is 5.45. The van der Waals surface area contributed by atoms with E-state index in [-0.39, 0.29) is 6.61 Å². The van der Waals surface area contributed by atoms with E-state index in [1.807, 2.05) is 12.1 Å². The second-order valence-electron chi connectivity index (χ2n) is 6.50. The summed E-state index contributed by atoms with van der Waals surface area (Å²) in [5.74, 6) is 0.249. The summed E-state index contributed by atoms with van der Waals surface area (Å²) in [6, 6.07) is 10.6. The van der Waals surface area contributed by atoms with E-state index in [9.17, 15) is 0 Å². The Bertz CT molecular complexity index is 1000. The molecule has 9 heteroatoms. The van der Waals surface area contributed by atoms with Gasteiger partial charge in [-0.2, -0.15) is 0 Å². The zero-order valence-electron chi connectivity index (χ0n) is 15.4. The molecule has 2 aromatic carbocycles. The Morgan fingerprint density at radius 2 is 2.07 bits per heavy atom. The number of methoxy groups -OCH3 is 1. The molecule has 1 aliphatic rings. The largest absolute Gasteiger partial charge is 0.497 e. The predicted molar refractivity (Wildman–Crippen MR) is 113 cm³/mol. The van der Waals surface area contributed by atoms with Gasteiger partial charge in [0.2, 0.25) is 5.79 Å². The lowest BCUT2D eigenvalue weighted by Gasteiger charge is -2.29. The molecule has 1 fully saturated rings. The molecule has 1 aromatic heterocycles. The van der Waals surface area contributed by atoms with Gasteiger partial charge in [-0.25, -0.2) is 4.98 Å². The standard InChI is InChI=1S/C20H18Cl3N3O3/c1-27-13-3-5-17(16(23)9-13)26-19-11-28-20(29-19,10-18-24-6-7-25-18)14-4-2-12(21)8-15(14)22/h2-9,19,26H,10-11H2,1H3,(H,24,25). The van der Waals surface area contributed by atoms with Crippen LogP contribution in [-0.2, 0) is 21.7 Å². The Morgan fingerprint density at radius 1 is 1.21 bits per heavy atom. The van der Waals surface area contributed by atoms with E-state index in [1.54, 1.807) is 43.8 Å². The fourth-order valence-electron chi connectivity index (χ4n) is 3.24. The normalized spacial score (nSPS) is 21.3. The van der Waals surface area contributed by atoms with E-state index in [0.717, 1.165) is 0 Å². The molecule has 2 heterocycles. The Labute approximate surface area is 183 Å². The van der Waals surface area contributed by atoms with Crippen LogP contribution in [0.4, 0.5) is 5.69 Å². The summed E-state index contributed by atoms with van der Waals surface area (Å²) in [7, 11) is 1.59. The van der Waals surface area contributed by atoms with E-state index < -0.39 is 12.0 Å². The lowest BCUT2D eigenvalue weighted by molar-refractivity contribution is -0.174. The van der Waals surface area contributed by atoms with Crippen molar-refractivity contribution in [3.8, 4) is 5.75 Å². The SMILES string of the molecule is COc1ccc(NC2COC(Cc3ncc[nH]3)(c3ccc(Cl)cc3Cl)O2)c(Cl)c1. The summed E-state index contributed by atoms with van der Waals surface area (Å²) < 4.78 is 17.7. The van der Waals surface area contributed by atoms with Crippen LogP contribution in [0.2, 0.25) is 15.1 Å². The molecule has 0 radical (unpaired) electrons. The van der Waals surface area contributed by atoms with Gasteiger partial charge in [0.1, 0.15) is 11.6 Å². The van der Waals surface area contributed by atoms with Gasteiger partial charge in [-0.1, -0.05) is 40.9 Å². The molecule has 1 aliphatic heterocycles. The molecule has 2 unspecified atom stereocenters. The lowest BCUT2D eigenvalue weighted by atomic mass is 10.0. The van der Waals surface area contributed by atoms with Gasteiger partial charge in [-0.3, -0.25) is 0 Å². The molecule has 6 nitrogen and oxygen atoms in total. The van der Waals surface area contributed by atoms with Crippen molar-refractivity contribution in [2.45, 2.75) is 18.4 Å². The molecule has 2 atom stereocenters. The molecule has 0 spiro atoms. The van der Waals surface area contributed by atoms with Gasteiger partial charge in [0.25, 0.3) is 0 Å². The number of nitrogens with zero attached hydrogens (tertiary/aromatic N) is 1. The quantitative estimate of drug-likeness (QED) is 0.532. The van der Waals surface area contributed by atoms with Crippen molar-refractivity contribution in [2.75, 3.05) is 19.0 Å². The lowest BCUT2D eigenvalue weighted by Crippen LogP contribution is -2.33. The van der Waals surface area contributed by atoms with E-state index in [0.29, 0.717) is 44.3 Å². The number of nitrogens with one attached hydrogen (secondary N) is 2. The maximum absolute atomic E-state index is 6.48. The number of H-pyrrole nitrogens is 1. The van der Waals surface area contributed by atoms with Crippen LogP contribution in [0.5, 0.6) is 5.75 Å². The zero-order chi connectivity index (χ0) is 20.4. The molecule has 1 saturated heterocycles. The number of hydrogen-bond donors (Lipinski definition) is 2. The molecule has 4 rings (SSSR count). The first-order valence-electron chi connectivity index (χ1n) is 8.85. The second kappa shape index (κ2) is 8.42. The number of aromatic amines is 1. The number of hydrogen-bond acceptors (Lipinski definition) is 5. The van der Waals surface area contributed by atoms with Gasteiger partial charge in [0.15, 0.2) is 6.23 Å². The molecule has 0 saturated carbocycles. The third-order valence-electron chi connectivity index (χ3n) is 4.59. The highest BCUT2D eigenvalue weighted by Gasteiger charge is 2.45. The maximum atomic E-state index is 6.48. The molecule has 29 heavy (non-hydrogen) atoms. The number of benzene rings is 2. The Hall–Kier alpha value is -1.96. The zero-order valence-corrected chi connectivity index (χ0v) is 17.7. The van der Waals surface area contributed by atoms with E-state index in [4.69, 9.17) is 49.0 Å². The molecule has 0 aliphatic carbocycles. The van der Waals surface area contributed by atoms with Gasteiger partial charge in [0.05, 0.1) is 35.9 Å². The average molecular weight is 455 g/mol. The van der Waals surface area contributed by atoms with Gasteiger partial charge in [-0.05, 0) is 24.3 Å². The van der Waals surface area contributed by atoms with Crippen molar-refractivity contribution in [3.63, 3.8) is 0 Å². The fraction of sp³-hybridized carbons (Fsp3) is 0.250. The predicted octanol–water partition coefficient (Wildman–Crippen LogP) is 5.26. The molecule has 0 amide bonds. The number of anilines is 1. The van der Waals surface area contributed by atoms with E-state index in [2.05, 4.69) is 15.3 Å². The van der Waals surface area contributed by atoms with Crippen LogP contribution in [-0.4, -0.2) is 29.9 Å². The summed E-state index contributed by atoms with van der Waals surface area (Å²) in [4.78, 5) is 7.38. The Balaban J connectivity index is 1.61. The van der Waals surface area contributed by atoms with Crippen molar-refractivity contribution >= 4 is 40.5 Å². The minimum absolute atomic E-state index is 0.280. The number of aromatic nitrogens is 2. The molecule has 3 aromatic rings. The van der Waals surface area contributed by atoms with Crippen LogP contribution in [0.3, 0.4) is 0 Å². The van der Waals surface area contributed by atoms with Gasteiger partial charge >= 0.3 is 0 Å². The van der Waals surface area contributed by atoms with Crippen molar-refractivity contribution in [3.05, 3.63) is 75.2 Å². The minimum atomic E-state index is -1.13. The van der Waals surface area contributed by atoms with Gasteiger partial charge in [0, 0.05) is 29.0 Å². The first kappa shape index (κ1) is 20.3. The highest BCUT2D eigenvalue weighted by atomic mass is 35.5. The summed E-state index contributed by atoms with van der Waals surface area (Å²) in [6.45, 7) is 0.280. The van der Waals surface area contributed by atoms with E-state index >= 15 is 0 Å². The summed E-state index contributed by atoms with van der Waals surface area (Å²) in [5, 5.41) is 4.76. The van der Waals surface area contributed by atoms with Crippen molar-refractivity contribution in [1.29, 1.82) is 0 Å². The molecule has 152 valence electrons. The highest BCUT2D eigenvalue weighted by molar-refractivity contribution is 6.35. The first-order valence-corrected chi connectivity index (χ1v) is 9.98. The molecular weight excluding hydrogens is 437 g/mol. The second-order valence-corrected chi connectivity index (χ2v) is 7.75. The summed E-state index contributed by atoms with van der Waals surface area (Å²) >= 11 is 18.9. The number of halogens is 3. The first-order chi connectivity index (χ1) is 14.0. The van der Waals surface area contributed by atoms with Crippen LogP contribution in [0.1, 0.15) is 11.4 Å². The van der Waals surface area contributed by atoms with Crippen LogP contribution < -0.4 is 10.1 Å². The third kappa shape index (κ3) is 4.32. The van der Waals surface area contributed by atoms with Crippen molar-refractivity contribution in [2.24, 2.45) is 0 Å². The fourth-order valence-corrected chi connectivity index (χ4v) is 4.01. The molecule has 2 N–H and O–H groups in total. The minimum Gasteiger partial charge on any atom is -0.497 e. The van der Waals surface area contributed by atoms with Gasteiger partial charge < -0.3 is 24.5 Å². The topological polar surface area (TPSA) is 68.4 Å². The molecular formula is C20H18Cl3N3O3. The van der Waals surface area contributed by atoms with Crippen LogP contribution in [0.15, 0.2) is 48.8 Å². The molecule has 0 bridgehead atoms. The van der Waals surface area contributed by atoms with Crippen molar-refractivity contribution in [1.82, 2.24) is 9.97 Å². The van der Waals surface area contributed by atoms with E-state index in [1.165, 1.54) is 0 Å². The number of imidazole rings is 1. The van der Waals surface area contributed by atoms with Crippen molar-refractivity contribution < 1.29 is 14.2 Å². The maximum Gasteiger partial charge on any atom is 0.205 e. The number of rotatable bonds is 6. The summed E-state index contributed by atoms with van der Waals surface area (Å²) in [5.41, 5.74) is 1.38. The Kier molecular flexibility index (Phi) is 5.90. The van der Waals surface area contributed by atoms with Crippen LogP contribution >= 0.6 is 34.8 Å². The van der Waals surface area contributed by atoms with Crippen LogP contribution in [0.25, 0.3) is 0 Å². The monoisotopic (exact) mass is 453 g/mol. The van der Waals surface area contributed by atoms with Gasteiger partial charge in [-0.15, -0.1) is 0 Å².